The molecule has 76 valence electrons. The number of aromatic nitrogens is 1. The molecule has 14 heavy (non-hydrogen) atoms. The third-order valence-corrected chi connectivity index (χ3v) is 2.28. The molecular weight excluding hydrogens is 293 g/mol. The van der Waals surface area contributed by atoms with Gasteiger partial charge in [-0.1, -0.05) is 0 Å². The summed E-state index contributed by atoms with van der Waals surface area (Å²) in [7, 11) is 1.61. The van der Waals surface area contributed by atoms with E-state index in [1.165, 1.54) is 0 Å². The Kier molecular flexibility index (Phi) is 4.12. The van der Waals surface area contributed by atoms with Crippen molar-refractivity contribution in [3.63, 3.8) is 0 Å². The van der Waals surface area contributed by atoms with Gasteiger partial charge in [-0.25, -0.2) is 4.98 Å². The molecule has 0 bridgehead atoms. The number of amides is 1. The van der Waals surface area contributed by atoms with E-state index in [1.807, 2.05) is 13.0 Å². The minimum atomic E-state index is -0.121. The zero-order valence-electron chi connectivity index (χ0n) is 8.10. The van der Waals surface area contributed by atoms with Crippen molar-refractivity contribution in [2.45, 2.75) is 6.92 Å². The Morgan fingerprint density at radius 2 is 2.29 bits per heavy atom. The number of carbonyl (C=O) groups excluding carboxylic acids is 1. The summed E-state index contributed by atoms with van der Waals surface area (Å²) in [6.45, 7) is 2.71. The van der Waals surface area contributed by atoms with Crippen LogP contribution in [0.3, 0.4) is 0 Å². The molecule has 1 aromatic rings. The molecule has 5 heteroatoms. The smallest absolute Gasteiger partial charge is 0.254 e. The van der Waals surface area contributed by atoms with E-state index < -0.39 is 0 Å². The van der Waals surface area contributed by atoms with E-state index in [9.17, 15) is 4.79 Å². The number of halogens is 1. The summed E-state index contributed by atoms with van der Waals surface area (Å²) in [5, 5.41) is 5.63. The molecule has 0 fully saturated rings. The fourth-order valence-corrected chi connectivity index (χ4v) is 1.48. The van der Waals surface area contributed by atoms with Crippen molar-refractivity contribution in [3.8, 4) is 0 Å². The van der Waals surface area contributed by atoms with Crippen molar-refractivity contribution >= 4 is 34.3 Å². The third kappa shape index (κ3) is 2.57. The first-order chi connectivity index (χ1) is 6.69. The minimum absolute atomic E-state index is 0.121. The number of hydrogen-bond acceptors (Lipinski definition) is 3. The second-order valence-corrected chi connectivity index (χ2v) is 3.74. The molecule has 0 saturated carbocycles. The molecule has 0 aromatic carbocycles. The zero-order chi connectivity index (χ0) is 10.6. The van der Waals surface area contributed by atoms with Gasteiger partial charge in [-0.15, -0.1) is 0 Å². The van der Waals surface area contributed by atoms with Gasteiger partial charge in [-0.3, -0.25) is 4.79 Å². The Balaban J connectivity index is 3.07. The van der Waals surface area contributed by atoms with Gasteiger partial charge >= 0.3 is 0 Å². The highest BCUT2D eigenvalue weighted by Gasteiger charge is 2.10. The topological polar surface area (TPSA) is 54.0 Å². The van der Waals surface area contributed by atoms with Crippen LogP contribution in [0.1, 0.15) is 17.3 Å². The maximum absolute atomic E-state index is 11.4. The largest absolute Gasteiger partial charge is 0.370 e. The van der Waals surface area contributed by atoms with E-state index in [0.29, 0.717) is 11.4 Å². The van der Waals surface area contributed by atoms with Crippen LogP contribution in [-0.2, 0) is 0 Å². The first-order valence-corrected chi connectivity index (χ1v) is 5.39. The fraction of sp³-hybridized carbons (Fsp3) is 0.333. The van der Waals surface area contributed by atoms with Crippen LogP contribution in [0.15, 0.2) is 12.1 Å². The van der Waals surface area contributed by atoms with Gasteiger partial charge in [-0.05, 0) is 41.6 Å². The summed E-state index contributed by atoms with van der Waals surface area (Å²) in [4.78, 5) is 15.7. The van der Waals surface area contributed by atoms with E-state index in [0.717, 1.165) is 10.2 Å². The van der Waals surface area contributed by atoms with Gasteiger partial charge in [0.15, 0.2) is 0 Å². The van der Waals surface area contributed by atoms with Crippen LogP contribution in [0.5, 0.6) is 0 Å². The summed E-state index contributed by atoms with van der Waals surface area (Å²) in [5.74, 6) is 0.517. The van der Waals surface area contributed by atoms with Gasteiger partial charge in [0.1, 0.15) is 9.52 Å². The predicted molar refractivity (Wildman–Crippen MR) is 64.5 cm³/mol. The zero-order valence-corrected chi connectivity index (χ0v) is 10.3. The Bertz CT molecular complexity index is 341. The first-order valence-electron chi connectivity index (χ1n) is 4.31. The number of nitrogens with zero attached hydrogens (tertiary/aromatic N) is 1. The molecule has 1 aromatic heterocycles. The summed E-state index contributed by atoms with van der Waals surface area (Å²) < 4.78 is 0.867. The monoisotopic (exact) mass is 305 g/mol. The summed E-state index contributed by atoms with van der Waals surface area (Å²) in [6, 6.07) is 3.58. The lowest BCUT2D eigenvalue weighted by Gasteiger charge is -2.08. The quantitative estimate of drug-likeness (QED) is 0.657. The molecule has 0 saturated heterocycles. The fourth-order valence-electron chi connectivity index (χ4n) is 1.06. The van der Waals surface area contributed by atoms with E-state index in [4.69, 9.17) is 0 Å². The standard InChI is InChI=1S/C9H12IN3O/c1-3-12-8-6(9(14)11-2)4-5-7(10)13-8/h4-5H,3H2,1-2H3,(H,11,14)(H,12,13). The van der Waals surface area contributed by atoms with Crippen LogP contribution in [0, 0.1) is 3.70 Å². The van der Waals surface area contributed by atoms with Crippen LogP contribution in [-0.4, -0.2) is 24.5 Å². The molecule has 0 aliphatic carbocycles. The molecule has 0 atom stereocenters. The average Bonchev–Trinajstić information content (AvgIpc) is 2.17. The average molecular weight is 305 g/mol. The van der Waals surface area contributed by atoms with Crippen molar-refractivity contribution in [1.29, 1.82) is 0 Å². The maximum Gasteiger partial charge on any atom is 0.254 e. The Hall–Kier alpha value is -0.850. The summed E-state index contributed by atoms with van der Waals surface area (Å²) in [5.41, 5.74) is 0.578. The lowest BCUT2D eigenvalue weighted by Crippen LogP contribution is -2.20. The SMILES string of the molecule is CCNc1nc(I)ccc1C(=O)NC. The van der Waals surface area contributed by atoms with Gasteiger partial charge < -0.3 is 10.6 Å². The highest BCUT2D eigenvalue weighted by Crippen LogP contribution is 2.14. The number of rotatable bonds is 3. The van der Waals surface area contributed by atoms with Gasteiger partial charge in [0.25, 0.3) is 5.91 Å². The Morgan fingerprint density at radius 3 is 2.86 bits per heavy atom. The number of carbonyl (C=O) groups is 1. The molecule has 2 N–H and O–H groups in total. The van der Waals surface area contributed by atoms with Crippen molar-refractivity contribution in [2.24, 2.45) is 0 Å². The lowest BCUT2D eigenvalue weighted by molar-refractivity contribution is 0.0963. The summed E-state index contributed by atoms with van der Waals surface area (Å²) in [6.07, 6.45) is 0. The van der Waals surface area contributed by atoms with Crippen LogP contribution in [0.4, 0.5) is 5.82 Å². The molecule has 0 aliphatic heterocycles. The second kappa shape index (κ2) is 5.14. The normalized spacial score (nSPS) is 9.64. The van der Waals surface area contributed by atoms with Crippen molar-refractivity contribution < 1.29 is 4.79 Å². The number of nitrogens with one attached hydrogen (secondary N) is 2. The number of hydrogen-bond donors (Lipinski definition) is 2. The van der Waals surface area contributed by atoms with E-state index in [1.54, 1.807) is 13.1 Å². The first kappa shape index (κ1) is 11.2. The van der Waals surface area contributed by atoms with E-state index in [-0.39, 0.29) is 5.91 Å². The molecular formula is C9H12IN3O. The van der Waals surface area contributed by atoms with Crippen molar-refractivity contribution in [1.82, 2.24) is 10.3 Å². The van der Waals surface area contributed by atoms with Gasteiger partial charge in [-0.2, -0.15) is 0 Å². The van der Waals surface area contributed by atoms with Crippen LogP contribution in [0.2, 0.25) is 0 Å². The van der Waals surface area contributed by atoms with E-state index in [2.05, 4.69) is 38.2 Å². The second-order valence-electron chi connectivity index (χ2n) is 2.64. The van der Waals surface area contributed by atoms with Crippen LogP contribution in [0.25, 0.3) is 0 Å². The highest BCUT2D eigenvalue weighted by molar-refractivity contribution is 14.1. The van der Waals surface area contributed by atoms with Gasteiger partial charge in [0, 0.05) is 13.6 Å². The van der Waals surface area contributed by atoms with Crippen LogP contribution < -0.4 is 10.6 Å². The van der Waals surface area contributed by atoms with Crippen LogP contribution >= 0.6 is 22.6 Å². The Morgan fingerprint density at radius 1 is 1.57 bits per heavy atom. The predicted octanol–water partition coefficient (Wildman–Crippen LogP) is 1.48. The molecule has 1 amide bonds. The number of anilines is 1. The molecule has 1 rings (SSSR count). The van der Waals surface area contributed by atoms with Gasteiger partial charge in [0.2, 0.25) is 0 Å². The molecule has 4 nitrogen and oxygen atoms in total. The highest BCUT2D eigenvalue weighted by atomic mass is 127. The summed E-state index contributed by atoms with van der Waals surface area (Å²) >= 11 is 2.11. The maximum atomic E-state index is 11.4. The van der Waals surface area contributed by atoms with E-state index >= 15 is 0 Å². The Labute approximate surface area is 96.6 Å². The molecule has 0 unspecified atom stereocenters. The molecule has 0 spiro atoms. The molecule has 0 aliphatic rings. The number of pyridine rings is 1. The molecule has 0 radical (unpaired) electrons. The lowest BCUT2D eigenvalue weighted by atomic mass is 10.2. The molecule has 1 heterocycles. The minimum Gasteiger partial charge on any atom is -0.370 e. The van der Waals surface area contributed by atoms with Gasteiger partial charge in [0.05, 0.1) is 5.56 Å². The third-order valence-electron chi connectivity index (χ3n) is 1.68. The van der Waals surface area contributed by atoms with Crippen molar-refractivity contribution in [3.05, 3.63) is 21.4 Å². The van der Waals surface area contributed by atoms with Crippen molar-refractivity contribution in [2.75, 3.05) is 18.9 Å².